The molecule has 1 aliphatic heterocycles. The van der Waals surface area contributed by atoms with Crippen LogP contribution in [0.1, 0.15) is 58.3 Å². The molecular weight excluding hydrogens is 200 g/mol. The van der Waals surface area contributed by atoms with Gasteiger partial charge in [-0.1, -0.05) is 32.8 Å². The summed E-state index contributed by atoms with van der Waals surface area (Å²) < 4.78 is 5.67. The van der Waals surface area contributed by atoms with Crippen LogP contribution in [0.5, 0.6) is 0 Å². The second-order valence-corrected chi connectivity index (χ2v) is 5.24. The number of carbonyl (C=O) groups is 1. The van der Waals surface area contributed by atoms with Gasteiger partial charge in [-0.2, -0.15) is 0 Å². The maximum atomic E-state index is 11.7. The number of carbonyl (C=O) groups excluding carboxylic acids is 1. The van der Waals surface area contributed by atoms with Gasteiger partial charge < -0.3 is 4.74 Å². The van der Waals surface area contributed by atoms with Crippen LogP contribution in [0.3, 0.4) is 0 Å². The van der Waals surface area contributed by atoms with E-state index < -0.39 is 0 Å². The second kappa shape index (κ2) is 4.60. The first-order valence-corrected chi connectivity index (χ1v) is 6.62. The lowest BCUT2D eigenvalue weighted by atomic mass is 9.71. The summed E-state index contributed by atoms with van der Waals surface area (Å²) in [5.74, 6) is 0.175. The van der Waals surface area contributed by atoms with Crippen molar-refractivity contribution in [1.29, 1.82) is 0 Å². The van der Waals surface area contributed by atoms with E-state index in [4.69, 9.17) is 4.74 Å². The summed E-state index contributed by atoms with van der Waals surface area (Å²) in [6.45, 7) is 6.12. The Bertz CT molecular complexity index is 295. The fourth-order valence-electron chi connectivity index (χ4n) is 3.24. The Kier molecular flexibility index (Phi) is 3.36. The van der Waals surface area contributed by atoms with Crippen molar-refractivity contribution < 1.29 is 9.53 Å². The van der Waals surface area contributed by atoms with Gasteiger partial charge in [0.05, 0.1) is 0 Å². The number of hydrogen-bond acceptors (Lipinski definition) is 2. The quantitative estimate of drug-likeness (QED) is 0.412. The molecule has 1 saturated heterocycles. The molecule has 0 N–H and O–H groups in total. The minimum Gasteiger partial charge on any atom is -0.455 e. The van der Waals surface area contributed by atoms with Crippen LogP contribution in [-0.2, 0) is 9.53 Å². The van der Waals surface area contributed by atoms with Gasteiger partial charge in [-0.05, 0) is 32.1 Å². The first-order valence-electron chi connectivity index (χ1n) is 6.62. The first kappa shape index (κ1) is 11.7. The fourth-order valence-corrected chi connectivity index (χ4v) is 3.24. The summed E-state index contributed by atoms with van der Waals surface area (Å²) in [6, 6.07) is 0. The van der Waals surface area contributed by atoms with Crippen molar-refractivity contribution in [2.75, 3.05) is 0 Å². The highest BCUT2D eigenvalue weighted by Crippen LogP contribution is 2.48. The van der Waals surface area contributed by atoms with Crippen molar-refractivity contribution in [2.24, 2.45) is 5.92 Å². The third-order valence-corrected chi connectivity index (χ3v) is 4.16. The Balaban J connectivity index is 2.08. The zero-order valence-corrected chi connectivity index (χ0v) is 10.3. The van der Waals surface area contributed by atoms with E-state index in [1.807, 2.05) is 0 Å². The van der Waals surface area contributed by atoms with Gasteiger partial charge in [0.15, 0.2) is 0 Å². The van der Waals surface area contributed by atoms with Crippen LogP contribution in [0.2, 0.25) is 0 Å². The van der Waals surface area contributed by atoms with Crippen molar-refractivity contribution in [3.8, 4) is 0 Å². The maximum Gasteiger partial charge on any atom is 0.334 e. The van der Waals surface area contributed by atoms with Gasteiger partial charge in [-0.25, -0.2) is 4.79 Å². The highest BCUT2D eigenvalue weighted by molar-refractivity contribution is 5.91. The minimum atomic E-state index is -0.165. The number of hydrogen-bond donors (Lipinski definition) is 0. The number of esters is 1. The molecule has 16 heavy (non-hydrogen) atoms. The standard InChI is InChI=1S/C14H22O2/c1-3-4-6-9-14-10-7-5-8-12(14)11(2)13(15)16-14/h12H,2-10H2,1H3. The van der Waals surface area contributed by atoms with Crippen molar-refractivity contribution >= 4 is 5.97 Å². The lowest BCUT2D eigenvalue weighted by Crippen LogP contribution is -2.38. The average molecular weight is 222 g/mol. The van der Waals surface area contributed by atoms with Gasteiger partial charge in [-0.15, -0.1) is 0 Å². The van der Waals surface area contributed by atoms with Crippen LogP contribution in [0.15, 0.2) is 12.2 Å². The van der Waals surface area contributed by atoms with E-state index >= 15 is 0 Å². The van der Waals surface area contributed by atoms with Crippen molar-refractivity contribution in [2.45, 2.75) is 63.9 Å². The first-order chi connectivity index (χ1) is 7.69. The largest absolute Gasteiger partial charge is 0.455 e. The molecule has 2 unspecified atom stereocenters. The molecule has 0 bridgehead atoms. The zero-order valence-electron chi connectivity index (χ0n) is 10.3. The van der Waals surface area contributed by atoms with E-state index in [0.717, 1.165) is 24.8 Å². The summed E-state index contributed by atoms with van der Waals surface area (Å²) >= 11 is 0. The zero-order chi connectivity index (χ0) is 11.6. The molecule has 0 spiro atoms. The molecule has 2 nitrogen and oxygen atoms in total. The van der Waals surface area contributed by atoms with E-state index in [1.165, 1.54) is 32.1 Å². The number of ether oxygens (including phenoxy) is 1. The highest BCUT2D eigenvalue weighted by atomic mass is 16.6. The smallest absolute Gasteiger partial charge is 0.334 e. The molecular formula is C14H22O2. The Morgan fingerprint density at radius 2 is 2.25 bits per heavy atom. The SMILES string of the molecule is C=C1C(=O)OC2(CCCCC)CCCCC12. The van der Waals surface area contributed by atoms with Crippen LogP contribution in [-0.4, -0.2) is 11.6 Å². The van der Waals surface area contributed by atoms with Crippen LogP contribution in [0.25, 0.3) is 0 Å². The Morgan fingerprint density at radius 1 is 1.44 bits per heavy atom. The lowest BCUT2D eigenvalue weighted by molar-refractivity contribution is -0.151. The molecule has 1 saturated carbocycles. The monoisotopic (exact) mass is 222 g/mol. The van der Waals surface area contributed by atoms with Gasteiger partial charge in [-0.3, -0.25) is 0 Å². The van der Waals surface area contributed by atoms with Crippen LogP contribution in [0.4, 0.5) is 0 Å². The molecule has 2 rings (SSSR count). The molecule has 90 valence electrons. The average Bonchev–Trinajstić information content (AvgIpc) is 2.53. The van der Waals surface area contributed by atoms with Crippen LogP contribution >= 0.6 is 0 Å². The second-order valence-electron chi connectivity index (χ2n) is 5.24. The number of unbranched alkanes of at least 4 members (excludes halogenated alkanes) is 2. The van der Waals surface area contributed by atoms with E-state index in [0.29, 0.717) is 5.92 Å². The normalized spacial score (nSPS) is 33.7. The van der Waals surface area contributed by atoms with E-state index in [2.05, 4.69) is 13.5 Å². The molecule has 0 aromatic carbocycles. The van der Waals surface area contributed by atoms with Gasteiger partial charge in [0.1, 0.15) is 5.60 Å². The molecule has 2 aliphatic rings. The van der Waals surface area contributed by atoms with Gasteiger partial charge in [0, 0.05) is 11.5 Å². The molecule has 0 aromatic heterocycles. The van der Waals surface area contributed by atoms with Gasteiger partial charge in [0.2, 0.25) is 0 Å². The summed E-state index contributed by atoms with van der Waals surface area (Å²) in [5, 5.41) is 0. The molecule has 1 aliphatic carbocycles. The Labute approximate surface area is 98.1 Å². The molecule has 0 radical (unpaired) electrons. The number of fused-ring (bicyclic) bond motifs is 1. The number of rotatable bonds is 4. The molecule has 2 fully saturated rings. The van der Waals surface area contributed by atoms with Crippen molar-refractivity contribution in [3.05, 3.63) is 12.2 Å². The summed E-state index contributed by atoms with van der Waals surface area (Å²) in [7, 11) is 0. The third kappa shape index (κ3) is 1.90. The summed E-state index contributed by atoms with van der Waals surface area (Å²) in [6.07, 6.45) is 9.22. The van der Waals surface area contributed by atoms with E-state index in [9.17, 15) is 4.79 Å². The molecule has 2 atom stereocenters. The van der Waals surface area contributed by atoms with Gasteiger partial charge >= 0.3 is 5.97 Å². The molecule has 0 aromatic rings. The maximum absolute atomic E-state index is 11.7. The topological polar surface area (TPSA) is 26.3 Å². The molecule has 2 heteroatoms. The Morgan fingerprint density at radius 3 is 3.00 bits per heavy atom. The Hall–Kier alpha value is -0.790. The minimum absolute atomic E-state index is 0.136. The highest BCUT2D eigenvalue weighted by Gasteiger charge is 2.51. The van der Waals surface area contributed by atoms with Crippen molar-refractivity contribution in [1.82, 2.24) is 0 Å². The lowest BCUT2D eigenvalue weighted by Gasteiger charge is -2.37. The third-order valence-electron chi connectivity index (χ3n) is 4.16. The van der Waals surface area contributed by atoms with Crippen LogP contribution < -0.4 is 0 Å². The van der Waals surface area contributed by atoms with Gasteiger partial charge in [0.25, 0.3) is 0 Å². The van der Waals surface area contributed by atoms with Crippen LogP contribution in [0, 0.1) is 5.92 Å². The van der Waals surface area contributed by atoms with Crippen molar-refractivity contribution in [3.63, 3.8) is 0 Å². The van der Waals surface area contributed by atoms with E-state index in [-0.39, 0.29) is 11.6 Å². The predicted molar refractivity (Wildman–Crippen MR) is 64.1 cm³/mol. The summed E-state index contributed by atoms with van der Waals surface area (Å²) in [4.78, 5) is 11.7. The molecule has 1 heterocycles. The van der Waals surface area contributed by atoms with E-state index in [1.54, 1.807) is 0 Å². The molecule has 0 amide bonds. The summed E-state index contributed by atoms with van der Waals surface area (Å²) in [5.41, 5.74) is 0.567. The fraction of sp³-hybridized carbons (Fsp3) is 0.786. The predicted octanol–water partition coefficient (Wildman–Crippen LogP) is 3.61.